The highest BCUT2D eigenvalue weighted by molar-refractivity contribution is 7.51. The van der Waals surface area contributed by atoms with Crippen molar-refractivity contribution >= 4 is 7.60 Å². The maximum atomic E-state index is 10.4. The molecule has 12 heavy (non-hydrogen) atoms. The van der Waals surface area contributed by atoms with E-state index in [9.17, 15) is 4.57 Å². The van der Waals surface area contributed by atoms with Crippen molar-refractivity contribution in [1.82, 2.24) is 5.32 Å². The van der Waals surface area contributed by atoms with Gasteiger partial charge in [-0.1, -0.05) is 13.3 Å². The van der Waals surface area contributed by atoms with Crippen molar-refractivity contribution in [2.75, 3.05) is 12.7 Å². The molecule has 0 bridgehead atoms. The Hall–Kier alpha value is 0.110. The zero-order valence-corrected chi connectivity index (χ0v) is 8.55. The van der Waals surface area contributed by atoms with Crippen molar-refractivity contribution in [1.29, 1.82) is 0 Å². The fourth-order valence-corrected chi connectivity index (χ4v) is 1.41. The van der Waals surface area contributed by atoms with Crippen LogP contribution in [0.3, 0.4) is 0 Å². The highest BCUT2D eigenvalue weighted by Crippen LogP contribution is 2.32. The maximum absolute atomic E-state index is 10.4. The van der Waals surface area contributed by atoms with E-state index in [-0.39, 0.29) is 6.16 Å². The van der Waals surface area contributed by atoms with Crippen LogP contribution in [0.25, 0.3) is 0 Å². The molecule has 0 aliphatic heterocycles. The Balaban J connectivity index is 3.37. The summed E-state index contributed by atoms with van der Waals surface area (Å²) in [6, 6.07) is 0.349. The van der Waals surface area contributed by atoms with Gasteiger partial charge in [-0.15, -0.1) is 0 Å². The van der Waals surface area contributed by atoms with Gasteiger partial charge in [0.2, 0.25) is 0 Å². The minimum atomic E-state index is -3.80. The molecule has 5 heteroatoms. The van der Waals surface area contributed by atoms with E-state index in [0.29, 0.717) is 12.6 Å². The maximum Gasteiger partial charge on any atom is 0.326 e. The van der Waals surface area contributed by atoms with Crippen LogP contribution in [0.5, 0.6) is 0 Å². The molecule has 0 spiro atoms. The second-order valence-electron chi connectivity index (χ2n) is 3.03. The molecule has 0 aliphatic carbocycles. The van der Waals surface area contributed by atoms with E-state index < -0.39 is 7.60 Å². The van der Waals surface area contributed by atoms with E-state index in [1.807, 2.05) is 6.92 Å². The minimum absolute atomic E-state index is 0.0684. The molecule has 3 N–H and O–H groups in total. The van der Waals surface area contributed by atoms with Crippen molar-refractivity contribution in [3.63, 3.8) is 0 Å². The minimum Gasteiger partial charge on any atom is -0.324 e. The molecule has 0 heterocycles. The smallest absolute Gasteiger partial charge is 0.324 e. The molecule has 0 aromatic heterocycles. The first-order valence-electron chi connectivity index (χ1n) is 4.23. The zero-order valence-electron chi connectivity index (χ0n) is 7.66. The number of rotatable bonds is 6. The van der Waals surface area contributed by atoms with Gasteiger partial charge in [0.25, 0.3) is 0 Å². The Morgan fingerprint density at radius 2 is 2.08 bits per heavy atom. The molecule has 0 radical (unpaired) electrons. The fraction of sp³-hybridized carbons (Fsp3) is 1.00. The van der Waals surface area contributed by atoms with Gasteiger partial charge in [-0.25, -0.2) is 0 Å². The Bertz CT molecular complexity index is 157. The molecule has 0 aliphatic rings. The van der Waals surface area contributed by atoms with Crippen LogP contribution >= 0.6 is 7.60 Å². The SMILES string of the molecule is CCC[C@H](C)NCCP(=O)(O)O. The molecule has 0 saturated heterocycles. The van der Waals surface area contributed by atoms with Crippen LogP contribution in [0.2, 0.25) is 0 Å². The predicted octanol–water partition coefficient (Wildman–Crippen LogP) is 0.942. The lowest BCUT2D eigenvalue weighted by Crippen LogP contribution is -2.28. The van der Waals surface area contributed by atoms with Gasteiger partial charge in [0, 0.05) is 12.6 Å². The fourth-order valence-electron chi connectivity index (χ4n) is 0.992. The van der Waals surface area contributed by atoms with Crippen LogP contribution in [0.1, 0.15) is 26.7 Å². The van der Waals surface area contributed by atoms with E-state index in [1.165, 1.54) is 0 Å². The average Bonchev–Trinajstić information content (AvgIpc) is 1.84. The molecule has 0 unspecified atom stereocenters. The van der Waals surface area contributed by atoms with Crippen LogP contribution in [0.15, 0.2) is 0 Å². The number of hydrogen-bond donors (Lipinski definition) is 3. The molecule has 0 aromatic carbocycles. The van der Waals surface area contributed by atoms with E-state index in [0.717, 1.165) is 12.8 Å². The van der Waals surface area contributed by atoms with Crippen LogP contribution in [0.4, 0.5) is 0 Å². The third-order valence-corrected chi connectivity index (χ3v) is 2.42. The second-order valence-corrected chi connectivity index (χ2v) is 4.81. The first-order valence-corrected chi connectivity index (χ1v) is 6.03. The lowest BCUT2D eigenvalue weighted by atomic mass is 10.2. The summed E-state index contributed by atoms with van der Waals surface area (Å²) in [5, 5.41) is 3.05. The van der Waals surface area contributed by atoms with Crippen LogP contribution in [-0.4, -0.2) is 28.5 Å². The molecule has 0 saturated carbocycles. The van der Waals surface area contributed by atoms with Gasteiger partial charge in [0.05, 0.1) is 6.16 Å². The van der Waals surface area contributed by atoms with Crippen LogP contribution in [0, 0.1) is 0 Å². The monoisotopic (exact) mass is 195 g/mol. The van der Waals surface area contributed by atoms with E-state index >= 15 is 0 Å². The van der Waals surface area contributed by atoms with Crippen molar-refractivity contribution in [2.45, 2.75) is 32.7 Å². The first-order chi connectivity index (χ1) is 5.45. The summed E-state index contributed by atoms with van der Waals surface area (Å²) in [6.07, 6.45) is 2.06. The average molecular weight is 195 g/mol. The lowest BCUT2D eigenvalue weighted by molar-refractivity contribution is 0.370. The van der Waals surface area contributed by atoms with Crippen molar-refractivity contribution in [3.8, 4) is 0 Å². The standard InChI is InChI=1S/C7H18NO3P/c1-3-4-7(2)8-5-6-12(9,10)11/h7-8H,3-6H2,1-2H3,(H2,9,10,11)/t7-/m0/s1. The van der Waals surface area contributed by atoms with Gasteiger partial charge in [-0.05, 0) is 13.3 Å². The van der Waals surface area contributed by atoms with Gasteiger partial charge in [-0.2, -0.15) is 0 Å². The van der Waals surface area contributed by atoms with Gasteiger partial charge < -0.3 is 15.1 Å². The number of hydrogen-bond acceptors (Lipinski definition) is 2. The summed E-state index contributed by atoms with van der Waals surface area (Å²) in [5.41, 5.74) is 0. The molecule has 74 valence electrons. The quantitative estimate of drug-likeness (QED) is 0.552. The summed E-state index contributed by atoms with van der Waals surface area (Å²) in [7, 11) is -3.80. The van der Waals surface area contributed by atoms with Crippen molar-refractivity contribution in [2.24, 2.45) is 0 Å². The summed E-state index contributed by atoms with van der Waals surface area (Å²) < 4.78 is 10.4. The number of nitrogens with one attached hydrogen (secondary N) is 1. The van der Waals surface area contributed by atoms with Crippen molar-refractivity contribution < 1.29 is 14.4 Å². The summed E-state index contributed by atoms with van der Waals surface area (Å²) in [6.45, 7) is 4.50. The van der Waals surface area contributed by atoms with Gasteiger partial charge in [-0.3, -0.25) is 4.57 Å². The van der Waals surface area contributed by atoms with E-state index in [4.69, 9.17) is 9.79 Å². The lowest BCUT2D eigenvalue weighted by Gasteiger charge is -2.12. The molecule has 0 fully saturated rings. The van der Waals surface area contributed by atoms with E-state index in [2.05, 4.69) is 12.2 Å². The third-order valence-electron chi connectivity index (χ3n) is 1.62. The highest BCUT2D eigenvalue weighted by Gasteiger charge is 2.11. The largest absolute Gasteiger partial charge is 0.326 e. The normalized spacial score (nSPS) is 14.7. The molecular weight excluding hydrogens is 177 g/mol. The second kappa shape index (κ2) is 5.70. The Morgan fingerprint density at radius 3 is 2.50 bits per heavy atom. The zero-order chi connectivity index (χ0) is 9.61. The highest BCUT2D eigenvalue weighted by atomic mass is 31.2. The Labute approximate surface area is 73.5 Å². The first kappa shape index (κ1) is 12.1. The summed E-state index contributed by atoms with van der Waals surface area (Å²) in [5.74, 6) is 0. The van der Waals surface area contributed by atoms with Gasteiger partial charge in [0.1, 0.15) is 0 Å². The topological polar surface area (TPSA) is 69.6 Å². The molecule has 1 atom stereocenters. The third kappa shape index (κ3) is 8.21. The van der Waals surface area contributed by atoms with E-state index in [1.54, 1.807) is 0 Å². The molecular formula is C7H18NO3P. The predicted molar refractivity (Wildman–Crippen MR) is 49.3 cm³/mol. The molecule has 0 rings (SSSR count). The van der Waals surface area contributed by atoms with Crippen LogP contribution < -0.4 is 5.32 Å². The van der Waals surface area contributed by atoms with Crippen molar-refractivity contribution in [3.05, 3.63) is 0 Å². The Morgan fingerprint density at radius 1 is 1.50 bits per heavy atom. The molecule has 0 aromatic rings. The molecule has 0 amide bonds. The van der Waals surface area contributed by atoms with Crippen LogP contribution in [-0.2, 0) is 4.57 Å². The molecule has 4 nitrogen and oxygen atoms in total. The van der Waals surface area contributed by atoms with Gasteiger partial charge in [0.15, 0.2) is 0 Å². The van der Waals surface area contributed by atoms with Gasteiger partial charge >= 0.3 is 7.60 Å². The summed E-state index contributed by atoms with van der Waals surface area (Å²) in [4.78, 5) is 17.1. The Kier molecular flexibility index (Phi) is 5.76. The summed E-state index contributed by atoms with van der Waals surface area (Å²) >= 11 is 0.